The largest absolute Gasteiger partial charge is 0.392 e. The predicted molar refractivity (Wildman–Crippen MR) is 94.6 cm³/mol. The van der Waals surface area contributed by atoms with Gasteiger partial charge in [0.2, 0.25) is 0 Å². The highest BCUT2D eigenvalue weighted by molar-refractivity contribution is 5.85. The molecule has 0 bridgehead atoms. The highest BCUT2D eigenvalue weighted by atomic mass is 19.1. The first-order chi connectivity index (χ1) is 11.5. The van der Waals surface area contributed by atoms with Gasteiger partial charge in [-0.3, -0.25) is 9.59 Å². The minimum atomic E-state index is -1.40. The summed E-state index contributed by atoms with van der Waals surface area (Å²) in [5.41, 5.74) is 0. The fourth-order valence-corrected chi connectivity index (χ4v) is 3.41. The summed E-state index contributed by atoms with van der Waals surface area (Å²) in [7, 11) is 0. The normalized spacial score (nSPS) is 25.5. The Morgan fingerprint density at radius 3 is 2.67 bits per heavy atom. The predicted octanol–water partition coefficient (Wildman–Crippen LogP) is 4.57. The Labute approximate surface area is 145 Å². The minimum Gasteiger partial charge on any atom is -0.392 e. The van der Waals surface area contributed by atoms with Crippen LogP contribution in [0.25, 0.3) is 0 Å². The molecular formula is C20H33FO3. The van der Waals surface area contributed by atoms with Crippen molar-refractivity contribution in [3.63, 3.8) is 0 Å². The van der Waals surface area contributed by atoms with Crippen LogP contribution in [0.15, 0.2) is 12.2 Å². The molecular weight excluding hydrogens is 307 g/mol. The van der Waals surface area contributed by atoms with E-state index in [4.69, 9.17) is 0 Å². The number of hydrogen-bond acceptors (Lipinski definition) is 3. The van der Waals surface area contributed by atoms with Gasteiger partial charge in [-0.1, -0.05) is 51.7 Å². The average Bonchev–Trinajstić information content (AvgIpc) is 2.83. The lowest BCUT2D eigenvalue weighted by Gasteiger charge is -2.20. The van der Waals surface area contributed by atoms with E-state index in [1.165, 1.54) is 0 Å². The lowest BCUT2D eigenvalue weighted by molar-refractivity contribution is -0.125. The van der Waals surface area contributed by atoms with Gasteiger partial charge in [0, 0.05) is 18.8 Å². The Balaban J connectivity index is 2.48. The number of alkyl halides is 1. The Bertz CT molecular complexity index is 419. The van der Waals surface area contributed by atoms with Gasteiger partial charge in [0.05, 0.1) is 6.10 Å². The van der Waals surface area contributed by atoms with Gasteiger partial charge >= 0.3 is 0 Å². The monoisotopic (exact) mass is 340 g/mol. The lowest BCUT2D eigenvalue weighted by Crippen LogP contribution is -2.23. The van der Waals surface area contributed by atoms with Crippen molar-refractivity contribution in [1.82, 2.24) is 0 Å². The molecule has 1 saturated carbocycles. The van der Waals surface area contributed by atoms with Crippen LogP contribution in [0, 0.1) is 11.8 Å². The SMILES string of the molecule is CCCC/C=C/CC1C(=O)CC(O)C1CCC(=O)C(F)CCCC. The summed E-state index contributed by atoms with van der Waals surface area (Å²) < 4.78 is 13.8. The molecule has 0 heterocycles. The summed E-state index contributed by atoms with van der Waals surface area (Å²) in [6.07, 6.45) is 8.48. The minimum absolute atomic E-state index is 0.0721. The first-order valence-electron chi connectivity index (χ1n) is 9.53. The number of rotatable bonds is 12. The Morgan fingerprint density at radius 1 is 1.29 bits per heavy atom. The third kappa shape index (κ3) is 6.84. The number of hydrogen-bond donors (Lipinski definition) is 1. The van der Waals surface area contributed by atoms with E-state index in [0.29, 0.717) is 19.3 Å². The van der Waals surface area contributed by atoms with E-state index in [1.807, 2.05) is 13.0 Å². The molecule has 0 spiro atoms. The first kappa shape index (κ1) is 21.0. The summed E-state index contributed by atoms with van der Waals surface area (Å²) in [6, 6.07) is 0. The number of ketones is 2. The van der Waals surface area contributed by atoms with Crippen LogP contribution in [0.1, 0.15) is 78.1 Å². The molecule has 138 valence electrons. The number of aliphatic hydroxyl groups is 1. The summed E-state index contributed by atoms with van der Waals surface area (Å²) >= 11 is 0. The van der Waals surface area contributed by atoms with E-state index in [2.05, 4.69) is 13.0 Å². The number of unbranched alkanes of at least 4 members (excludes halogenated alkanes) is 3. The Kier molecular flexibility index (Phi) is 10.1. The third-order valence-electron chi connectivity index (χ3n) is 5.00. The van der Waals surface area contributed by atoms with Crippen LogP contribution in [0.3, 0.4) is 0 Å². The van der Waals surface area contributed by atoms with Gasteiger partial charge < -0.3 is 5.11 Å². The third-order valence-corrected chi connectivity index (χ3v) is 5.00. The van der Waals surface area contributed by atoms with Crippen molar-refractivity contribution >= 4 is 11.6 Å². The van der Waals surface area contributed by atoms with Gasteiger partial charge in [0.25, 0.3) is 0 Å². The zero-order valence-corrected chi connectivity index (χ0v) is 15.2. The topological polar surface area (TPSA) is 54.4 Å². The molecule has 0 saturated heterocycles. The summed E-state index contributed by atoms with van der Waals surface area (Å²) in [5.74, 6) is -0.745. The number of allylic oxidation sites excluding steroid dienone is 2. The van der Waals surface area contributed by atoms with Crippen LogP contribution in [0.5, 0.6) is 0 Å². The number of aliphatic hydroxyl groups excluding tert-OH is 1. The maximum absolute atomic E-state index is 13.8. The zero-order valence-electron chi connectivity index (χ0n) is 15.2. The summed E-state index contributed by atoms with van der Waals surface area (Å²) in [5, 5.41) is 10.1. The van der Waals surface area contributed by atoms with Crippen LogP contribution in [0.2, 0.25) is 0 Å². The van der Waals surface area contributed by atoms with E-state index in [0.717, 1.165) is 25.7 Å². The Morgan fingerprint density at radius 2 is 2.00 bits per heavy atom. The highest BCUT2D eigenvalue weighted by Crippen LogP contribution is 2.35. The van der Waals surface area contributed by atoms with Crippen molar-refractivity contribution < 1.29 is 19.1 Å². The molecule has 1 N–H and O–H groups in total. The fourth-order valence-electron chi connectivity index (χ4n) is 3.41. The number of halogens is 1. The van der Waals surface area contributed by atoms with Gasteiger partial charge in [0.15, 0.2) is 12.0 Å². The van der Waals surface area contributed by atoms with Crippen molar-refractivity contribution in [2.24, 2.45) is 11.8 Å². The van der Waals surface area contributed by atoms with Crippen molar-refractivity contribution in [3.05, 3.63) is 12.2 Å². The highest BCUT2D eigenvalue weighted by Gasteiger charge is 2.40. The first-order valence-corrected chi connectivity index (χ1v) is 9.53. The molecule has 1 fully saturated rings. The standard InChI is InChI=1S/C20H33FO3/c1-3-5-7-8-9-10-15-16(20(24)14-19(15)23)12-13-18(22)17(21)11-6-4-2/h8-9,15-17,20,24H,3-7,10-14H2,1-2H3/b9-8+. The summed E-state index contributed by atoms with van der Waals surface area (Å²) in [6.45, 7) is 4.10. The lowest BCUT2D eigenvalue weighted by atomic mass is 9.86. The maximum atomic E-state index is 13.8. The van der Waals surface area contributed by atoms with E-state index in [-0.39, 0.29) is 42.7 Å². The molecule has 24 heavy (non-hydrogen) atoms. The molecule has 0 aromatic heterocycles. The van der Waals surface area contributed by atoms with Gasteiger partial charge in [-0.05, 0) is 31.6 Å². The van der Waals surface area contributed by atoms with Crippen molar-refractivity contribution in [2.45, 2.75) is 90.3 Å². The molecule has 4 atom stereocenters. The molecule has 1 aliphatic carbocycles. The van der Waals surface area contributed by atoms with Crippen molar-refractivity contribution in [2.75, 3.05) is 0 Å². The van der Waals surface area contributed by atoms with Crippen LogP contribution >= 0.6 is 0 Å². The smallest absolute Gasteiger partial charge is 0.166 e. The van der Waals surface area contributed by atoms with Gasteiger partial charge in [0.1, 0.15) is 5.78 Å². The van der Waals surface area contributed by atoms with E-state index < -0.39 is 12.3 Å². The average molecular weight is 340 g/mol. The quantitative estimate of drug-likeness (QED) is 0.418. The molecule has 0 amide bonds. The molecule has 0 aromatic rings. The van der Waals surface area contributed by atoms with Crippen LogP contribution in [0.4, 0.5) is 4.39 Å². The van der Waals surface area contributed by atoms with Crippen LogP contribution < -0.4 is 0 Å². The molecule has 0 aliphatic heterocycles. The van der Waals surface area contributed by atoms with E-state index in [9.17, 15) is 19.1 Å². The van der Waals surface area contributed by atoms with E-state index >= 15 is 0 Å². The molecule has 4 unspecified atom stereocenters. The zero-order chi connectivity index (χ0) is 17.9. The Hall–Kier alpha value is -1.03. The molecule has 4 heteroatoms. The molecule has 3 nitrogen and oxygen atoms in total. The number of carbonyl (C=O) groups is 2. The van der Waals surface area contributed by atoms with E-state index in [1.54, 1.807) is 0 Å². The molecule has 1 rings (SSSR count). The molecule has 0 aromatic carbocycles. The van der Waals surface area contributed by atoms with Crippen LogP contribution in [-0.4, -0.2) is 28.9 Å². The number of Topliss-reactive ketones (excluding diaryl/α,β-unsaturated/α-hetero) is 2. The summed E-state index contributed by atoms with van der Waals surface area (Å²) in [4.78, 5) is 24.0. The molecule has 1 aliphatic rings. The van der Waals surface area contributed by atoms with Crippen LogP contribution in [-0.2, 0) is 9.59 Å². The van der Waals surface area contributed by atoms with Gasteiger partial charge in [-0.2, -0.15) is 0 Å². The van der Waals surface area contributed by atoms with Gasteiger partial charge in [-0.15, -0.1) is 0 Å². The second-order valence-electron chi connectivity index (χ2n) is 6.97. The van der Waals surface area contributed by atoms with Crippen molar-refractivity contribution in [1.29, 1.82) is 0 Å². The number of carbonyl (C=O) groups excluding carboxylic acids is 2. The second-order valence-corrected chi connectivity index (χ2v) is 6.97. The molecule has 0 radical (unpaired) electrons. The maximum Gasteiger partial charge on any atom is 0.166 e. The fraction of sp³-hybridized carbons (Fsp3) is 0.800. The van der Waals surface area contributed by atoms with Crippen molar-refractivity contribution in [3.8, 4) is 0 Å². The van der Waals surface area contributed by atoms with Gasteiger partial charge in [-0.25, -0.2) is 4.39 Å². The second kappa shape index (κ2) is 11.5.